The predicted octanol–water partition coefficient (Wildman–Crippen LogP) is 3.51. The van der Waals surface area contributed by atoms with Gasteiger partial charge in [0.2, 0.25) is 0 Å². The molecule has 3 rings (SSSR count). The molecule has 2 amide bonds. The molecule has 2 aromatic heterocycles. The molecule has 0 aliphatic heterocycles. The van der Waals surface area contributed by atoms with Crippen LogP contribution in [0.2, 0.25) is 0 Å². The van der Waals surface area contributed by atoms with Gasteiger partial charge in [0.15, 0.2) is 19.9 Å². The maximum atomic E-state index is 14.4. The zero-order chi connectivity index (χ0) is 24.1. The number of pyridine rings is 1. The number of nitrogens with two attached hydrogens (primary N) is 1. The van der Waals surface area contributed by atoms with Crippen LogP contribution in [0.3, 0.4) is 0 Å². The van der Waals surface area contributed by atoms with E-state index >= 15 is 0 Å². The second-order valence-electron chi connectivity index (χ2n) is 8.88. The van der Waals surface area contributed by atoms with Gasteiger partial charge in [0.25, 0.3) is 0 Å². The largest absolute Gasteiger partial charge is 0.393 e. The van der Waals surface area contributed by atoms with Gasteiger partial charge < -0.3 is 15.5 Å². The van der Waals surface area contributed by atoms with Crippen LogP contribution in [0.5, 0.6) is 0 Å². The normalized spacial score (nSPS) is 18.5. The molecule has 2 heterocycles. The Labute approximate surface area is 191 Å². The van der Waals surface area contributed by atoms with Gasteiger partial charge in [-0.25, -0.2) is 18.5 Å². The Hall–Kier alpha value is -1.92. The summed E-state index contributed by atoms with van der Waals surface area (Å²) in [5, 5.41) is 27.9. The summed E-state index contributed by atoms with van der Waals surface area (Å²) in [6.07, 6.45) is 2.23. The lowest BCUT2D eigenvalue weighted by Gasteiger charge is -2.21. The summed E-state index contributed by atoms with van der Waals surface area (Å²) in [6.45, 7) is 8.63. The van der Waals surface area contributed by atoms with Crippen LogP contribution < -0.4 is 10.5 Å². The van der Waals surface area contributed by atoms with E-state index in [1.807, 2.05) is 13.8 Å². The van der Waals surface area contributed by atoms with Gasteiger partial charge in [-0.15, -0.1) is 15.7 Å². The highest BCUT2D eigenvalue weighted by Crippen LogP contribution is 2.42. The number of carbonyl (C=O) groups is 1. The molecule has 2 unspecified atom stereocenters. The zero-order valence-corrected chi connectivity index (χ0v) is 20.4. The summed E-state index contributed by atoms with van der Waals surface area (Å²) < 4.78 is 30.5. The van der Waals surface area contributed by atoms with Crippen LogP contribution in [0.25, 0.3) is 0 Å². The van der Waals surface area contributed by atoms with Crippen molar-refractivity contribution < 1.29 is 23.6 Å². The van der Waals surface area contributed by atoms with Crippen molar-refractivity contribution in [2.75, 3.05) is 11.9 Å². The Morgan fingerprint density at radius 1 is 1.50 bits per heavy atom. The van der Waals surface area contributed by atoms with E-state index in [1.54, 1.807) is 0 Å². The van der Waals surface area contributed by atoms with Crippen molar-refractivity contribution >= 4 is 33.0 Å². The first-order valence-electron chi connectivity index (χ1n) is 10.2. The standard InChI is InChI=1S/C21H29FN4O4S2/c1-6-12-11(2)24-17-13(7-8-20(17,3)4)16(12)25-19(28)26-32(23,30)18-14(22)9-15(31-18)21(5,29)10-27/h9,27,29H,6-8,10H2,1-5H3,(H3,23,24,25,26,28,30). The van der Waals surface area contributed by atoms with Crippen LogP contribution in [0.4, 0.5) is 14.9 Å². The minimum Gasteiger partial charge on any atom is -0.393 e. The zero-order valence-electron chi connectivity index (χ0n) is 18.8. The molecule has 0 spiro atoms. The fourth-order valence-electron chi connectivity index (χ4n) is 3.92. The molecule has 2 atom stereocenters. The van der Waals surface area contributed by atoms with Crippen LogP contribution in [-0.2, 0) is 33.8 Å². The Morgan fingerprint density at radius 3 is 2.75 bits per heavy atom. The van der Waals surface area contributed by atoms with Crippen molar-refractivity contribution in [3.8, 4) is 0 Å². The van der Waals surface area contributed by atoms with E-state index in [4.69, 9.17) is 10.1 Å². The van der Waals surface area contributed by atoms with Gasteiger partial charge in [0.1, 0.15) is 5.60 Å². The third kappa shape index (κ3) is 4.44. The first-order chi connectivity index (χ1) is 14.7. The number of aliphatic hydroxyl groups excluding tert-OH is 1. The summed E-state index contributed by atoms with van der Waals surface area (Å²) in [5.74, 6) is -0.959. The smallest absolute Gasteiger partial charge is 0.354 e. The highest BCUT2D eigenvalue weighted by Gasteiger charge is 2.35. The first-order valence-corrected chi connectivity index (χ1v) is 12.6. The second-order valence-corrected chi connectivity index (χ2v) is 11.9. The monoisotopic (exact) mass is 484 g/mol. The van der Waals surface area contributed by atoms with Crippen LogP contribution in [0, 0.1) is 12.7 Å². The number of thiophene rings is 1. The molecule has 0 bridgehead atoms. The molecule has 32 heavy (non-hydrogen) atoms. The summed E-state index contributed by atoms with van der Waals surface area (Å²) in [5.41, 5.74) is 2.22. The Bertz CT molecular complexity index is 1200. The highest BCUT2D eigenvalue weighted by molar-refractivity contribution is 7.93. The summed E-state index contributed by atoms with van der Waals surface area (Å²) in [6, 6.07) is -0.0139. The van der Waals surface area contributed by atoms with Gasteiger partial charge >= 0.3 is 6.03 Å². The summed E-state index contributed by atoms with van der Waals surface area (Å²) in [7, 11) is -3.93. The molecule has 11 heteroatoms. The number of hydrogen-bond acceptors (Lipinski definition) is 6. The van der Waals surface area contributed by atoms with E-state index in [1.165, 1.54) is 6.92 Å². The van der Waals surface area contributed by atoms with Crippen LogP contribution in [0.15, 0.2) is 14.6 Å². The molecule has 0 radical (unpaired) electrons. The number of aryl methyl sites for hydroxylation is 1. The first kappa shape index (κ1) is 24.7. The minimum absolute atomic E-state index is 0.0272. The lowest BCUT2D eigenvalue weighted by molar-refractivity contribution is 0.000654. The van der Waals surface area contributed by atoms with Crippen LogP contribution >= 0.6 is 11.3 Å². The van der Waals surface area contributed by atoms with Crippen LogP contribution in [-0.4, -0.2) is 32.0 Å². The molecule has 1 aliphatic carbocycles. The minimum atomic E-state index is -3.93. The third-order valence-corrected chi connectivity index (χ3v) is 9.10. The van der Waals surface area contributed by atoms with Gasteiger partial charge in [-0.2, -0.15) is 0 Å². The molecule has 1 aliphatic rings. The van der Waals surface area contributed by atoms with E-state index in [0.29, 0.717) is 23.4 Å². The van der Waals surface area contributed by atoms with E-state index in [0.717, 1.165) is 41.4 Å². The molecule has 5 N–H and O–H groups in total. The van der Waals surface area contributed by atoms with Gasteiger partial charge in [-0.3, -0.25) is 4.98 Å². The third-order valence-electron chi connectivity index (χ3n) is 5.81. The number of nitrogens with zero attached hydrogens (tertiary/aromatic N) is 2. The fraction of sp³-hybridized carbons (Fsp3) is 0.524. The highest BCUT2D eigenvalue weighted by atomic mass is 32.2. The van der Waals surface area contributed by atoms with E-state index in [9.17, 15) is 23.6 Å². The number of halogens is 1. The van der Waals surface area contributed by atoms with E-state index < -0.39 is 38.2 Å². The fourth-order valence-corrected chi connectivity index (χ4v) is 6.29. The number of carbonyl (C=O) groups excluding carboxylic acids is 1. The molecule has 0 saturated carbocycles. The number of rotatable bonds is 5. The molecule has 0 aromatic carbocycles. The Kier molecular flexibility index (Phi) is 6.53. The number of amides is 2. The maximum absolute atomic E-state index is 14.4. The molecular formula is C21H29FN4O4S2. The Balaban J connectivity index is 2.01. The topological polar surface area (TPSA) is 138 Å². The number of aromatic nitrogens is 1. The van der Waals surface area contributed by atoms with Crippen molar-refractivity contribution in [2.24, 2.45) is 9.50 Å². The molecule has 176 valence electrons. The quantitative estimate of drug-likeness (QED) is 0.514. The SMILES string of the molecule is CCc1c(C)nc2c(c1NC(=O)N=S(N)(=O)c1sc(C(C)(O)CO)cc1F)CCC2(C)C. The Morgan fingerprint density at radius 2 is 2.16 bits per heavy atom. The van der Waals surface area contributed by atoms with E-state index in [-0.39, 0.29) is 10.3 Å². The molecular weight excluding hydrogens is 455 g/mol. The van der Waals surface area contributed by atoms with E-state index in [2.05, 4.69) is 23.5 Å². The summed E-state index contributed by atoms with van der Waals surface area (Å²) in [4.78, 5) is 17.5. The number of anilines is 1. The van der Waals surface area contributed by atoms with Crippen molar-refractivity contribution in [1.29, 1.82) is 0 Å². The average Bonchev–Trinajstić information content (AvgIpc) is 3.22. The lowest BCUT2D eigenvalue weighted by atomic mass is 9.90. The number of urea groups is 1. The molecule has 2 aromatic rings. The van der Waals surface area contributed by atoms with Crippen molar-refractivity contribution in [3.63, 3.8) is 0 Å². The molecule has 0 saturated heterocycles. The molecule has 8 nitrogen and oxygen atoms in total. The lowest BCUT2D eigenvalue weighted by Crippen LogP contribution is -2.24. The number of hydrogen-bond donors (Lipinski definition) is 4. The maximum Gasteiger partial charge on any atom is 0.354 e. The van der Waals surface area contributed by atoms with Crippen molar-refractivity contribution in [3.05, 3.63) is 39.3 Å². The molecule has 0 fully saturated rings. The van der Waals surface area contributed by atoms with Crippen LogP contribution in [0.1, 0.15) is 61.5 Å². The van der Waals surface area contributed by atoms with Crippen molar-refractivity contribution in [2.45, 2.75) is 69.1 Å². The number of fused-ring (bicyclic) bond motifs is 1. The number of aliphatic hydroxyl groups is 2. The van der Waals surface area contributed by atoms with Gasteiger partial charge in [-0.05, 0) is 50.3 Å². The second kappa shape index (κ2) is 8.45. The van der Waals surface area contributed by atoms with Gasteiger partial charge in [0.05, 0.1) is 18.0 Å². The summed E-state index contributed by atoms with van der Waals surface area (Å²) >= 11 is 0.607. The number of nitrogens with one attached hydrogen (secondary N) is 1. The predicted molar refractivity (Wildman–Crippen MR) is 123 cm³/mol. The van der Waals surface area contributed by atoms with Gasteiger partial charge in [-0.1, -0.05) is 20.8 Å². The van der Waals surface area contributed by atoms with Gasteiger partial charge in [0, 0.05) is 16.0 Å². The average molecular weight is 485 g/mol. The van der Waals surface area contributed by atoms with Crippen molar-refractivity contribution in [1.82, 2.24) is 4.98 Å².